The summed E-state index contributed by atoms with van der Waals surface area (Å²) in [5.74, 6) is 0.488. The van der Waals surface area contributed by atoms with Crippen LogP contribution < -0.4 is 5.73 Å². The fraction of sp³-hybridized carbons (Fsp3) is 0.600. The van der Waals surface area contributed by atoms with Gasteiger partial charge in [0.05, 0.1) is 6.61 Å². The first-order chi connectivity index (χ1) is 8.79. The van der Waals surface area contributed by atoms with Crippen molar-refractivity contribution in [3.05, 3.63) is 35.1 Å². The van der Waals surface area contributed by atoms with Crippen LogP contribution >= 0.6 is 0 Å². The van der Waals surface area contributed by atoms with Gasteiger partial charge in [-0.25, -0.2) is 4.39 Å². The minimum absolute atomic E-state index is 0.228. The van der Waals surface area contributed by atoms with Gasteiger partial charge in [-0.2, -0.15) is 0 Å². The maximum absolute atomic E-state index is 13.3. The van der Waals surface area contributed by atoms with Crippen molar-refractivity contribution in [3.8, 4) is 0 Å². The molecule has 0 aliphatic heterocycles. The molecular weight excluding hydrogens is 229 g/mol. The van der Waals surface area contributed by atoms with Crippen LogP contribution in [0.2, 0.25) is 0 Å². The lowest BCUT2D eigenvalue weighted by Gasteiger charge is -2.21. The number of rotatable bonds is 5. The van der Waals surface area contributed by atoms with E-state index in [1.165, 1.54) is 38.2 Å². The number of halogens is 1. The maximum Gasteiger partial charge on any atom is 0.127 e. The molecule has 1 aliphatic rings. The minimum Gasteiger partial charge on any atom is -0.376 e. The molecule has 0 saturated heterocycles. The zero-order valence-corrected chi connectivity index (χ0v) is 10.8. The second-order valence-corrected chi connectivity index (χ2v) is 5.15. The molecule has 1 saturated carbocycles. The third-order valence-electron chi connectivity index (χ3n) is 3.68. The van der Waals surface area contributed by atoms with Gasteiger partial charge in [0.2, 0.25) is 0 Å². The summed E-state index contributed by atoms with van der Waals surface area (Å²) in [4.78, 5) is 0. The zero-order valence-electron chi connectivity index (χ0n) is 10.8. The van der Waals surface area contributed by atoms with Crippen LogP contribution in [0.15, 0.2) is 18.2 Å². The molecule has 3 heteroatoms. The van der Waals surface area contributed by atoms with E-state index in [0.717, 1.165) is 12.2 Å². The van der Waals surface area contributed by atoms with Gasteiger partial charge in [-0.15, -0.1) is 0 Å². The fourth-order valence-corrected chi connectivity index (χ4v) is 2.57. The van der Waals surface area contributed by atoms with Gasteiger partial charge >= 0.3 is 0 Å². The molecule has 0 radical (unpaired) electrons. The van der Waals surface area contributed by atoms with Crippen molar-refractivity contribution in [1.29, 1.82) is 0 Å². The number of hydrogen-bond donors (Lipinski definition) is 1. The Kier molecular flexibility index (Phi) is 5.14. The minimum atomic E-state index is -0.228. The molecule has 2 N–H and O–H groups in total. The van der Waals surface area contributed by atoms with Crippen LogP contribution in [0, 0.1) is 11.7 Å². The van der Waals surface area contributed by atoms with Gasteiger partial charge in [0.25, 0.3) is 0 Å². The molecule has 100 valence electrons. The summed E-state index contributed by atoms with van der Waals surface area (Å²) < 4.78 is 19.0. The molecule has 0 amide bonds. The van der Waals surface area contributed by atoms with Gasteiger partial charge in [-0.1, -0.05) is 25.3 Å². The third-order valence-corrected chi connectivity index (χ3v) is 3.68. The third kappa shape index (κ3) is 3.79. The van der Waals surface area contributed by atoms with E-state index in [2.05, 4.69) is 0 Å². The van der Waals surface area contributed by atoms with Crippen molar-refractivity contribution in [2.45, 2.75) is 45.3 Å². The van der Waals surface area contributed by atoms with Gasteiger partial charge in [0, 0.05) is 18.7 Å². The molecule has 0 bridgehead atoms. The SMILES string of the molecule is NCc1cc(COCC2CCCCC2)ccc1F. The van der Waals surface area contributed by atoms with Crippen LogP contribution in [-0.4, -0.2) is 6.61 Å². The van der Waals surface area contributed by atoms with Crippen molar-refractivity contribution in [1.82, 2.24) is 0 Å². The summed E-state index contributed by atoms with van der Waals surface area (Å²) in [7, 11) is 0. The largest absolute Gasteiger partial charge is 0.376 e. The van der Waals surface area contributed by atoms with Crippen LogP contribution in [-0.2, 0) is 17.9 Å². The monoisotopic (exact) mass is 251 g/mol. The molecule has 1 fully saturated rings. The van der Waals surface area contributed by atoms with Gasteiger partial charge in [0.1, 0.15) is 5.82 Å². The highest BCUT2D eigenvalue weighted by molar-refractivity contribution is 5.24. The predicted octanol–water partition coefficient (Wildman–Crippen LogP) is 3.38. The molecular formula is C15H22FNO. The van der Waals surface area contributed by atoms with Crippen molar-refractivity contribution in [2.24, 2.45) is 11.7 Å². The maximum atomic E-state index is 13.3. The first-order valence-electron chi connectivity index (χ1n) is 6.84. The predicted molar refractivity (Wildman–Crippen MR) is 70.5 cm³/mol. The number of nitrogens with two attached hydrogens (primary N) is 1. The normalized spacial score (nSPS) is 17.0. The van der Waals surface area contributed by atoms with Crippen LogP contribution in [0.4, 0.5) is 4.39 Å². The van der Waals surface area contributed by atoms with Crippen LogP contribution in [0.5, 0.6) is 0 Å². The van der Waals surface area contributed by atoms with E-state index in [1.54, 1.807) is 12.1 Å². The van der Waals surface area contributed by atoms with Crippen molar-refractivity contribution in [3.63, 3.8) is 0 Å². The molecule has 1 aliphatic carbocycles. The second-order valence-electron chi connectivity index (χ2n) is 5.15. The molecule has 0 aromatic heterocycles. The molecule has 2 nitrogen and oxygen atoms in total. The fourth-order valence-electron chi connectivity index (χ4n) is 2.57. The van der Waals surface area contributed by atoms with E-state index in [0.29, 0.717) is 18.1 Å². The Labute approximate surface area is 108 Å². The van der Waals surface area contributed by atoms with Gasteiger partial charge in [-0.3, -0.25) is 0 Å². The molecule has 0 atom stereocenters. The summed E-state index contributed by atoms with van der Waals surface area (Å²) in [6.07, 6.45) is 6.62. The Hall–Kier alpha value is -0.930. The first-order valence-corrected chi connectivity index (χ1v) is 6.84. The molecule has 1 aromatic carbocycles. The van der Waals surface area contributed by atoms with Crippen LogP contribution in [0.25, 0.3) is 0 Å². The first kappa shape index (κ1) is 13.5. The summed E-state index contributed by atoms with van der Waals surface area (Å²) in [6, 6.07) is 5.05. The Morgan fingerprint density at radius 2 is 2.00 bits per heavy atom. The smallest absolute Gasteiger partial charge is 0.127 e. The molecule has 18 heavy (non-hydrogen) atoms. The average Bonchev–Trinajstić information content (AvgIpc) is 2.42. The highest BCUT2D eigenvalue weighted by Crippen LogP contribution is 2.24. The quantitative estimate of drug-likeness (QED) is 0.870. The van der Waals surface area contributed by atoms with Crippen molar-refractivity contribution < 1.29 is 9.13 Å². The summed E-state index contributed by atoms with van der Waals surface area (Å²) in [5.41, 5.74) is 7.06. The Morgan fingerprint density at radius 3 is 2.72 bits per heavy atom. The van der Waals surface area contributed by atoms with E-state index in [-0.39, 0.29) is 12.4 Å². The molecule has 0 heterocycles. The second kappa shape index (κ2) is 6.86. The van der Waals surface area contributed by atoms with Gasteiger partial charge in [0.15, 0.2) is 0 Å². The number of hydrogen-bond acceptors (Lipinski definition) is 2. The Balaban J connectivity index is 1.79. The Bertz CT molecular complexity index is 375. The summed E-state index contributed by atoms with van der Waals surface area (Å²) in [6.45, 7) is 1.63. The standard InChI is InChI=1S/C15H22FNO/c16-15-7-6-13(8-14(15)9-17)11-18-10-12-4-2-1-3-5-12/h6-8,12H,1-5,9-11,17H2. The van der Waals surface area contributed by atoms with E-state index in [1.807, 2.05) is 0 Å². The van der Waals surface area contributed by atoms with E-state index < -0.39 is 0 Å². The lowest BCUT2D eigenvalue weighted by molar-refractivity contribution is 0.0738. The van der Waals surface area contributed by atoms with E-state index >= 15 is 0 Å². The Morgan fingerprint density at radius 1 is 1.22 bits per heavy atom. The highest BCUT2D eigenvalue weighted by atomic mass is 19.1. The van der Waals surface area contributed by atoms with E-state index in [4.69, 9.17) is 10.5 Å². The summed E-state index contributed by atoms with van der Waals surface area (Å²) >= 11 is 0. The van der Waals surface area contributed by atoms with E-state index in [9.17, 15) is 4.39 Å². The van der Waals surface area contributed by atoms with Crippen molar-refractivity contribution >= 4 is 0 Å². The molecule has 2 rings (SSSR count). The van der Waals surface area contributed by atoms with Gasteiger partial charge in [-0.05, 0) is 36.5 Å². The zero-order chi connectivity index (χ0) is 12.8. The topological polar surface area (TPSA) is 35.2 Å². The highest BCUT2D eigenvalue weighted by Gasteiger charge is 2.13. The average molecular weight is 251 g/mol. The number of ether oxygens (including phenoxy) is 1. The van der Waals surface area contributed by atoms with Gasteiger partial charge < -0.3 is 10.5 Å². The lowest BCUT2D eigenvalue weighted by Crippen LogP contribution is -2.13. The molecule has 0 unspecified atom stereocenters. The van der Waals surface area contributed by atoms with Crippen LogP contribution in [0.3, 0.4) is 0 Å². The number of benzene rings is 1. The lowest BCUT2D eigenvalue weighted by atomic mass is 9.90. The summed E-state index contributed by atoms with van der Waals surface area (Å²) in [5, 5.41) is 0. The molecule has 1 aromatic rings. The van der Waals surface area contributed by atoms with Crippen molar-refractivity contribution in [2.75, 3.05) is 6.61 Å². The molecule has 0 spiro atoms. The van der Waals surface area contributed by atoms with Crippen LogP contribution in [0.1, 0.15) is 43.2 Å².